The third-order valence-electron chi connectivity index (χ3n) is 2.06. The van der Waals surface area contributed by atoms with Gasteiger partial charge in [-0.3, -0.25) is 10.1 Å². The summed E-state index contributed by atoms with van der Waals surface area (Å²) in [6.45, 7) is 1.85. The third kappa shape index (κ3) is 3.07. The number of hydrogen-bond acceptors (Lipinski definition) is 4. The Bertz CT molecular complexity index is 357. The zero-order chi connectivity index (χ0) is 10.7. The van der Waals surface area contributed by atoms with E-state index in [4.69, 9.17) is 5.73 Å². The van der Waals surface area contributed by atoms with Gasteiger partial charge < -0.3 is 10.8 Å². The van der Waals surface area contributed by atoms with Crippen molar-refractivity contribution in [2.45, 2.75) is 19.4 Å². The molecule has 6 heteroatoms. The first-order valence-corrected chi connectivity index (χ1v) is 4.29. The summed E-state index contributed by atoms with van der Waals surface area (Å²) in [4.78, 5) is 9.95. The lowest BCUT2D eigenvalue weighted by molar-refractivity contribution is -0.385. The molecule has 0 aliphatic heterocycles. The quantitative estimate of drug-likeness (QED) is 0.617. The molecule has 5 nitrogen and oxygen atoms in total. The highest BCUT2D eigenvalue weighted by atomic mass is 35.5. The molecule has 0 heterocycles. The molecule has 1 aromatic carbocycles. The number of nitro benzene ring substituents is 1. The molecule has 1 rings (SSSR count). The number of phenols is 1. The van der Waals surface area contributed by atoms with Crippen LogP contribution in [0.25, 0.3) is 0 Å². The second-order valence-corrected chi connectivity index (χ2v) is 3.01. The van der Waals surface area contributed by atoms with Crippen LogP contribution >= 0.6 is 12.4 Å². The lowest BCUT2D eigenvalue weighted by Gasteiger charge is -2.10. The van der Waals surface area contributed by atoms with Crippen LogP contribution in [0.4, 0.5) is 5.69 Å². The smallest absolute Gasteiger partial charge is 0.270 e. The molecule has 0 aromatic heterocycles. The van der Waals surface area contributed by atoms with Crippen LogP contribution in [0.2, 0.25) is 0 Å². The highest BCUT2D eigenvalue weighted by Gasteiger charge is 2.14. The normalized spacial score (nSPS) is 11.6. The molecular weight excluding hydrogens is 220 g/mol. The Balaban J connectivity index is 0.00000196. The van der Waals surface area contributed by atoms with E-state index in [1.807, 2.05) is 6.92 Å². The number of benzene rings is 1. The van der Waals surface area contributed by atoms with E-state index in [2.05, 4.69) is 0 Å². The minimum Gasteiger partial charge on any atom is -0.508 e. The van der Waals surface area contributed by atoms with Gasteiger partial charge in [0.1, 0.15) is 5.75 Å². The maximum atomic E-state index is 10.5. The summed E-state index contributed by atoms with van der Waals surface area (Å²) in [5.41, 5.74) is 6.05. The van der Waals surface area contributed by atoms with Crippen molar-refractivity contribution in [2.75, 3.05) is 0 Å². The first-order chi connectivity index (χ1) is 6.56. The third-order valence-corrected chi connectivity index (χ3v) is 2.06. The van der Waals surface area contributed by atoms with Crippen LogP contribution < -0.4 is 5.73 Å². The van der Waals surface area contributed by atoms with Gasteiger partial charge in [-0.2, -0.15) is 0 Å². The van der Waals surface area contributed by atoms with Gasteiger partial charge in [-0.1, -0.05) is 6.92 Å². The number of non-ortho nitro benzene ring substituents is 1. The van der Waals surface area contributed by atoms with Gasteiger partial charge >= 0.3 is 0 Å². The van der Waals surface area contributed by atoms with Crippen LogP contribution in [0.15, 0.2) is 18.2 Å². The van der Waals surface area contributed by atoms with Crippen molar-refractivity contribution in [3.05, 3.63) is 33.9 Å². The summed E-state index contributed by atoms with van der Waals surface area (Å²) in [5, 5.41) is 19.9. The minimum absolute atomic E-state index is 0. The van der Waals surface area contributed by atoms with Crippen molar-refractivity contribution in [3.8, 4) is 5.75 Å². The monoisotopic (exact) mass is 232 g/mol. The lowest BCUT2D eigenvalue weighted by atomic mass is 10.0. The summed E-state index contributed by atoms with van der Waals surface area (Å²) in [7, 11) is 0. The highest BCUT2D eigenvalue weighted by molar-refractivity contribution is 5.85. The summed E-state index contributed by atoms with van der Waals surface area (Å²) >= 11 is 0. The van der Waals surface area contributed by atoms with Gasteiger partial charge in [0.2, 0.25) is 0 Å². The molecule has 0 saturated carbocycles. The predicted octanol–water partition coefficient (Wildman–Crippen LogP) is 2.13. The summed E-state index contributed by atoms with van der Waals surface area (Å²) < 4.78 is 0. The summed E-state index contributed by atoms with van der Waals surface area (Å²) in [6, 6.07) is 3.49. The molecule has 0 bridgehead atoms. The SMILES string of the molecule is CC[C@@H](N)c1cc([N+](=O)[O-])ccc1O.Cl. The maximum absolute atomic E-state index is 10.5. The van der Waals surface area contributed by atoms with Crippen LogP contribution in [-0.2, 0) is 0 Å². The van der Waals surface area contributed by atoms with Crippen molar-refractivity contribution in [1.29, 1.82) is 0 Å². The molecule has 0 aliphatic carbocycles. The second kappa shape index (κ2) is 5.53. The van der Waals surface area contributed by atoms with Crippen LogP contribution in [0.3, 0.4) is 0 Å². The molecule has 0 fully saturated rings. The first-order valence-electron chi connectivity index (χ1n) is 4.29. The van der Waals surface area contributed by atoms with E-state index in [1.165, 1.54) is 18.2 Å². The van der Waals surface area contributed by atoms with Crippen LogP contribution in [0, 0.1) is 10.1 Å². The Morgan fingerprint density at radius 1 is 1.60 bits per heavy atom. The zero-order valence-corrected chi connectivity index (χ0v) is 9.03. The second-order valence-electron chi connectivity index (χ2n) is 3.01. The van der Waals surface area contributed by atoms with Gasteiger partial charge in [-0.05, 0) is 12.5 Å². The van der Waals surface area contributed by atoms with Crippen molar-refractivity contribution >= 4 is 18.1 Å². The van der Waals surface area contributed by atoms with Crippen LogP contribution in [0.1, 0.15) is 24.9 Å². The van der Waals surface area contributed by atoms with Crippen LogP contribution in [-0.4, -0.2) is 10.0 Å². The van der Waals surface area contributed by atoms with Gasteiger partial charge in [0.05, 0.1) is 4.92 Å². The molecule has 0 unspecified atom stereocenters. The highest BCUT2D eigenvalue weighted by Crippen LogP contribution is 2.28. The molecule has 1 aromatic rings. The molecule has 0 saturated heterocycles. The number of nitrogens with zero attached hydrogens (tertiary/aromatic N) is 1. The van der Waals surface area contributed by atoms with Crippen LogP contribution in [0.5, 0.6) is 5.75 Å². The Hall–Kier alpha value is -1.33. The zero-order valence-electron chi connectivity index (χ0n) is 8.21. The van der Waals surface area contributed by atoms with Gasteiger partial charge in [0.15, 0.2) is 0 Å². The molecule has 0 aliphatic rings. The Labute approximate surface area is 93.5 Å². The predicted molar refractivity (Wildman–Crippen MR) is 59.2 cm³/mol. The molecule has 1 atom stereocenters. The van der Waals surface area contributed by atoms with E-state index < -0.39 is 4.92 Å². The van der Waals surface area contributed by atoms with Gasteiger partial charge in [0.25, 0.3) is 5.69 Å². The van der Waals surface area contributed by atoms with E-state index in [1.54, 1.807) is 0 Å². The average molecular weight is 233 g/mol. The first kappa shape index (κ1) is 13.7. The Morgan fingerprint density at radius 2 is 2.20 bits per heavy atom. The number of nitrogens with two attached hydrogens (primary N) is 1. The molecule has 0 radical (unpaired) electrons. The average Bonchev–Trinajstić information content (AvgIpc) is 2.17. The maximum Gasteiger partial charge on any atom is 0.270 e. The number of nitro groups is 1. The number of halogens is 1. The number of phenolic OH excluding ortho intramolecular Hbond substituents is 1. The van der Waals surface area contributed by atoms with E-state index in [-0.39, 0.29) is 29.9 Å². The topological polar surface area (TPSA) is 89.4 Å². The van der Waals surface area contributed by atoms with E-state index in [0.717, 1.165) is 0 Å². The van der Waals surface area contributed by atoms with E-state index in [0.29, 0.717) is 12.0 Å². The van der Waals surface area contributed by atoms with Crippen molar-refractivity contribution < 1.29 is 10.0 Å². The van der Waals surface area contributed by atoms with Crippen molar-refractivity contribution in [3.63, 3.8) is 0 Å². The Morgan fingerprint density at radius 3 is 2.67 bits per heavy atom. The molecule has 0 amide bonds. The van der Waals surface area contributed by atoms with E-state index in [9.17, 15) is 15.2 Å². The largest absolute Gasteiger partial charge is 0.508 e. The summed E-state index contributed by atoms with van der Waals surface area (Å²) in [5.74, 6) is 0.00458. The fourth-order valence-electron chi connectivity index (χ4n) is 1.17. The molecule has 3 N–H and O–H groups in total. The van der Waals surface area contributed by atoms with Gasteiger partial charge in [0, 0.05) is 23.7 Å². The fraction of sp³-hybridized carbons (Fsp3) is 0.333. The van der Waals surface area contributed by atoms with Crippen molar-refractivity contribution in [1.82, 2.24) is 0 Å². The fourth-order valence-corrected chi connectivity index (χ4v) is 1.17. The van der Waals surface area contributed by atoms with Gasteiger partial charge in [-0.15, -0.1) is 12.4 Å². The summed E-state index contributed by atoms with van der Waals surface area (Å²) in [6.07, 6.45) is 0.620. The number of rotatable bonds is 3. The van der Waals surface area contributed by atoms with E-state index >= 15 is 0 Å². The number of hydrogen-bond donors (Lipinski definition) is 2. The lowest BCUT2D eigenvalue weighted by Crippen LogP contribution is -2.09. The van der Waals surface area contributed by atoms with Gasteiger partial charge in [-0.25, -0.2) is 0 Å². The molecule has 15 heavy (non-hydrogen) atoms. The molecule has 84 valence electrons. The standard InChI is InChI=1S/C9H12N2O3.ClH/c1-2-8(10)7-5-6(11(13)14)3-4-9(7)12;/h3-5,8,12H,2,10H2,1H3;1H/t8-;/m1./s1. The Kier molecular flexibility index (Phi) is 5.04. The number of aromatic hydroxyl groups is 1. The molecular formula is C9H13ClN2O3. The van der Waals surface area contributed by atoms with Crippen molar-refractivity contribution in [2.24, 2.45) is 5.73 Å². The minimum atomic E-state index is -0.509. The molecule has 0 spiro atoms.